The van der Waals surface area contributed by atoms with Crippen molar-refractivity contribution < 1.29 is 4.79 Å². The molecule has 1 saturated carbocycles. The number of hydrogen-bond acceptors (Lipinski definition) is 4. The molecule has 0 bridgehead atoms. The van der Waals surface area contributed by atoms with Crippen LogP contribution in [0.15, 0.2) is 48.0 Å². The molecule has 30 heavy (non-hydrogen) atoms. The van der Waals surface area contributed by atoms with Gasteiger partial charge in [0.2, 0.25) is 0 Å². The van der Waals surface area contributed by atoms with E-state index in [-0.39, 0.29) is 5.69 Å². The molecule has 154 valence electrons. The summed E-state index contributed by atoms with van der Waals surface area (Å²) in [5, 5.41) is 5.52. The first-order chi connectivity index (χ1) is 14.5. The number of primary amides is 1. The highest BCUT2D eigenvalue weighted by molar-refractivity contribution is 7.81. The van der Waals surface area contributed by atoms with Gasteiger partial charge in [0.1, 0.15) is 5.69 Å². The molecule has 1 amide bonds. The highest BCUT2D eigenvalue weighted by Crippen LogP contribution is 2.38. The summed E-state index contributed by atoms with van der Waals surface area (Å²) in [4.78, 5) is 14.2. The number of carbonyl (C=O) groups is 1. The number of nitrogens with two attached hydrogens (primary N) is 1. The Labute approximate surface area is 185 Å². The average molecular weight is 439 g/mol. The number of hydrogen-bond donors (Lipinski definition) is 2. The van der Waals surface area contributed by atoms with Gasteiger partial charge in [-0.25, -0.2) is 4.52 Å². The predicted molar refractivity (Wildman–Crippen MR) is 124 cm³/mol. The third kappa shape index (κ3) is 3.38. The predicted octanol–water partition coefficient (Wildman–Crippen LogP) is 4.65. The maximum Gasteiger partial charge on any atom is 0.267 e. The van der Waals surface area contributed by atoms with Crippen LogP contribution in [0.3, 0.4) is 0 Å². The molecule has 5 nitrogen and oxygen atoms in total. The second kappa shape index (κ2) is 7.67. The second-order valence-electron chi connectivity index (χ2n) is 8.03. The molecule has 0 radical (unpaired) electrons. The molecule has 1 saturated heterocycles. The first-order valence-electron chi connectivity index (χ1n) is 10.2. The van der Waals surface area contributed by atoms with E-state index in [1.807, 2.05) is 12.1 Å². The van der Waals surface area contributed by atoms with Crippen LogP contribution in [0.5, 0.6) is 0 Å². The Morgan fingerprint density at radius 1 is 1.17 bits per heavy atom. The van der Waals surface area contributed by atoms with Crippen LogP contribution in [0, 0.1) is 0 Å². The van der Waals surface area contributed by atoms with Crippen molar-refractivity contribution in [1.82, 2.24) is 14.5 Å². The normalized spacial score (nSPS) is 18.7. The Hall–Kier alpha value is -2.44. The number of carbonyl (C=O) groups excluding carboxylic acids is 1. The van der Waals surface area contributed by atoms with E-state index in [2.05, 4.69) is 46.9 Å². The number of allylic oxidation sites excluding steroid dienone is 1. The minimum Gasteiger partial charge on any atom is -0.370 e. The van der Waals surface area contributed by atoms with E-state index in [1.165, 1.54) is 35.0 Å². The fourth-order valence-corrected chi connectivity index (χ4v) is 4.88. The number of rotatable bonds is 4. The number of likely N-dealkylation sites (tertiary alicyclic amines) is 1. The molecule has 1 atom stereocenters. The van der Waals surface area contributed by atoms with Crippen molar-refractivity contribution in [2.45, 2.75) is 30.9 Å². The Morgan fingerprint density at radius 3 is 2.53 bits per heavy atom. The van der Waals surface area contributed by atoms with Gasteiger partial charge in [0.15, 0.2) is 0 Å². The highest BCUT2D eigenvalue weighted by atomic mass is 35.5. The fraction of sp³-hybridized carbons (Fsp3) is 0.304. The van der Waals surface area contributed by atoms with Crippen molar-refractivity contribution >= 4 is 41.4 Å². The van der Waals surface area contributed by atoms with Crippen molar-refractivity contribution in [3.8, 4) is 11.3 Å². The number of aromatic nitrogens is 2. The largest absolute Gasteiger partial charge is 0.370 e. The molecule has 3 heterocycles. The summed E-state index contributed by atoms with van der Waals surface area (Å²) in [5.74, 6) is -0.554. The van der Waals surface area contributed by atoms with Crippen LogP contribution in [-0.4, -0.2) is 38.8 Å². The average Bonchev–Trinajstić information content (AvgIpc) is 3.28. The Balaban J connectivity index is 1.50. The zero-order valence-corrected chi connectivity index (χ0v) is 18.2. The lowest BCUT2D eigenvalue weighted by Crippen LogP contribution is -2.22. The van der Waals surface area contributed by atoms with Crippen molar-refractivity contribution in [1.29, 1.82) is 0 Å². The van der Waals surface area contributed by atoms with Crippen LogP contribution in [0.25, 0.3) is 22.5 Å². The molecule has 1 aromatic carbocycles. The zero-order chi connectivity index (χ0) is 20.8. The van der Waals surface area contributed by atoms with Crippen LogP contribution < -0.4 is 5.73 Å². The summed E-state index contributed by atoms with van der Waals surface area (Å²) < 4.78 is 1.52. The molecule has 2 N–H and O–H groups in total. The maximum absolute atomic E-state index is 11.7. The smallest absolute Gasteiger partial charge is 0.267 e. The number of nitrogens with zero attached hydrogens (tertiary/aromatic N) is 3. The van der Waals surface area contributed by atoms with E-state index in [0.29, 0.717) is 15.8 Å². The van der Waals surface area contributed by atoms with Gasteiger partial charge in [-0.3, -0.25) is 4.79 Å². The Bertz CT molecular complexity index is 1160. The Kier molecular flexibility index (Phi) is 4.99. The van der Waals surface area contributed by atoms with E-state index >= 15 is 0 Å². The van der Waals surface area contributed by atoms with Gasteiger partial charge in [-0.1, -0.05) is 35.9 Å². The van der Waals surface area contributed by atoms with Gasteiger partial charge in [-0.05, 0) is 55.0 Å². The van der Waals surface area contributed by atoms with Gasteiger partial charge in [0.05, 0.1) is 16.2 Å². The van der Waals surface area contributed by atoms with Gasteiger partial charge >= 0.3 is 0 Å². The second-order valence-corrected chi connectivity index (χ2v) is 9.17. The Morgan fingerprint density at radius 2 is 1.93 bits per heavy atom. The third-order valence-electron chi connectivity index (χ3n) is 6.05. The molecule has 0 spiro atoms. The minimum absolute atomic E-state index is 0.279. The fourth-order valence-electron chi connectivity index (χ4n) is 4.32. The van der Waals surface area contributed by atoms with Gasteiger partial charge in [-0.2, -0.15) is 17.7 Å². The quantitative estimate of drug-likeness (QED) is 0.582. The minimum atomic E-state index is -0.554. The van der Waals surface area contributed by atoms with Crippen molar-refractivity contribution in [3.05, 3.63) is 64.3 Å². The van der Waals surface area contributed by atoms with E-state index in [9.17, 15) is 4.79 Å². The first-order valence-corrected chi connectivity index (χ1v) is 11.1. The number of halogens is 1. The topological polar surface area (TPSA) is 63.6 Å². The van der Waals surface area contributed by atoms with Crippen molar-refractivity contribution in [3.63, 3.8) is 0 Å². The number of thiol groups is 1. The van der Waals surface area contributed by atoms with E-state index < -0.39 is 5.91 Å². The van der Waals surface area contributed by atoms with E-state index in [4.69, 9.17) is 17.3 Å². The molecule has 2 aromatic heterocycles. The molecule has 1 unspecified atom stereocenters. The summed E-state index contributed by atoms with van der Waals surface area (Å²) >= 11 is 10.9. The lowest BCUT2D eigenvalue weighted by atomic mass is 9.87. The van der Waals surface area contributed by atoms with Crippen LogP contribution in [0.4, 0.5) is 0 Å². The lowest BCUT2D eigenvalue weighted by Gasteiger charge is -2.30. The molecule has 2 aliphatic rings. The molecule has 1 aliphatic heterocycles. The van der Waals surface area contributed by atoms with E-state index in [1.54, 1.807) is 11.6 Å². The van der Waals surface area contributed by atoms with Crippen LogP contribution in [0.1, 0.15) is 41.7 Å². The molecule has 2 fully saturated rings. The summed E-state index contributed by atoms with van der Waals surface area (Å²) in [5.41, 5.74) is 12.4. The third-order valence-corrected chi connectivity index (χ3v) is 6.77. The summed E-state index contributed by atoms with van der Waals surface area (Å²) in [6, 6.07) is 13.9. The summed E-state index contributed by atoms with van der Waals surface area (Å²) in [6.45, 7) is 2.07. The monoisotopic (exact) mass is 438 g/mol. The van der Waals surface area contributed by atoms with E-state index in [0.717, 1.165) is 30.8 Å². The molecule has 3 aromatic rings. The molecular weight excluding hydrogens is 416 g/mol. The molecule has 7 heteroatoms. The van der Waals surface area contributed by atoms with Crippen LogP contribution in [0.2, 0.25) is 5.02 Å². The number of fused-ring (bicyclic) bond motifs is 1. The van der Waals surface area contributed by atoms with Crippen LogP contribution in [-0.2, 0) is 0 Å². The van der Waals surface area contributed by atoms with Crippen LogP contribution >= 0.6 is 24.2 Å². The molecule has 1 aliphatic carbocycles. The molecular formula is C23H23ClN4OS. The SMILES string of the molecule is NC(=O)c1cc(Cl)c2ccc(-c3ccc(C(=C4CCC4)N4CCC(S)C4)cc3)nn12. The molecule has 5 rings (SSSR count). The van der Waals surface area contributed by atoms with Gasteiger partial charge in [0, 0.05) is 29.6 Å². The van der Waals surface area contributed by atoms with Crippen molar-refractivity contribution in [2.75, 3.05) is 13.1 Å². The number of benzene rings is 1. The van der Waals surface area contributed by atoms with Gasteiger partial charge in [-0.15, -0.1) is 0 Å². The van der Waals surface area contributed by atoms with Crippen molar-refractivity contribution in [2.24, 2.45) is 5.73 Å². The van der Waals surface area contributed by atoms with Gasteiger partial charge in [0.25, 0.3) is 5.91 Å². The summed E-state index contributed by atoms with van der Waals surface area (Å²) in [7, 11) is 0. The first kappa shape index (κ1) is 19.5. The van der Waals surface area contributed by atoms with Gasteiger partial charge < -0.3 is 10.6 Å². The maximum atomic E-state index is 11.7. The highest BCUT2D eigenvalue weighted by Gasteiger charge is 2.26. The number of amides is 1. The summed E-state index contributed by atoms with van der Waals surface area (Å²) in [6.07, 6.45) is 4.78. The standard InChI is InChI=1S/C23H23ClN4OS/c24-18-12-21(23(25)29)28-20(18)9-8-19(26-28)14-4-6-16(7-5-14)22(15-2-1-3-15)27-11-10-17(30)13-27/h4-9,12,17,30H,1-3,10-11,13H2,(H2,25,29). The zero-order valence-electron chi connectivity index (χ0n) is 16.5. The lowest BCUT2D eigenvalue weighted by molar-refractivity contribution is 0.0994.